The van der Waals surface area contributed by atoms with Gasteiger partial charge >= 0.3 is 0 Å². The first-order valence-corrected chi connectivity index (χ1v) is 5.91. The number of likely N-dealkylation sites (tertiary alicyclic amines) is 1. The normalized spacial score (nSPS) is 23.5. The van der Waals surface area contributed by atoms with Gasteiger partial charge in [-0.3, -0.25) is 0 Å². The van der Waals surface area contributed by atoms with Crippen molar-refractivity contribution in [3.05, 3.63) is 29.8 Å². The molecule has 1 fully saturated rings. The Hall–Kier alpha value is -1.06. The second-order valence-corrected chi connectivity index (χ2v) is 4.84. The van der Waals surface area contributed by atoms with Gasteiger partial charge in [0, 0.05) is 18.8 Å². The number of hydrogen-bond donors (Lipinski definition) is 2. The Morgan fingerprint density at radius 2 is 2.12 bits per heavy atom. The number of aliphatic hydroxyl groups is 1. The molecule has 3 heteroatoms. The predicted molar refractivity (Wildman–Crippen MR) is 66.0 cm³/mol. The predicted octanol–water partition coefficient (Wildman–Crippen LogP) is 1.64. The van der Waals surface area contributed by atoms with E-state index >= 15 is 0 Å². The molecule has 0 aliphatic carbocycles. The molecule has 1 aromatic rings. The molecule has 1 aliphatic heterocycles. The molecular weight excluding hydrogens is 200 g/mol. The van der Waals surface area contributed by atoms with E-state index in [1.54, 1.807) is 0 Å². The van der Waals surface area contributed by atoms with E-state index in [4.69, 9.17) is 5.73 Å². The van der Waals surface area contributed by atoms with Gasteiger partial charge in [0.15, 0.2) is 0 Å². The maximum absolute atomic E-state index is 10.1. The minimum absolute atomic E-state index is 0.397. The Labute approximate surface area is 96.9 Å². The Morgan fingerprint density at radius 1 is 1.44 bits per heavy atom. The van der Waals surface area contributed by atoms with Crippen molar-refractivity contribution in [2.45, 2.75) is 19.4 Å². The minimum Gasteiger partial charge on any atom is -0.399 e. The van der Waals surface area contributed by atoms with Crippen LogP contribution in [0.5, 0.6) is 0 Å². The number of anilines is 1. The van der Waals surface area contributed by atoms with E-state index in [0.29, 0.717) is 0 Å². The van der Waals surface area contributed by atoms with Crippen LogP contribution >= 0.6 is 0 Å². The summed E-state index contributed by atoms with van der Waals surface area (Å²) in [5.74, 6) is 0.763. The van der Waals surface area contributed by atoms with E-state index in [-0.39, 0.29) is 0 Å². The van der Waals surface area contributed by atoms with Crippen LogP contribution in [0, 0.1) is 5.92 Å². The van der Waals surface area contributed by atoms with Crippen molar-refractivity contribution >= 4 is 5.69 Å². The van der Waals surface area contributed by atoms with Gasteiger partial charge in [0.2, 0.25) is 0 Å². The molecule has 1 aliphatic rings. The van der Waals surface area contributed by atoms with E-state index < -0.39 is 6.10 Å². The molecular formula is C13H20N2O. The standard InChI is InChI=1S/C13H20N2O/c1-10-6-7-15(8-10)9-13(16)11-2-4-12(14)5-3-11/h2-5,10,13,16H,6-9,14H2,1H3. The van der Waals surface area contributed by atoms with Gasteiger partial charge in [-0.05, 0) is 36.6 Å². The third kappa shape index (κ3) is 2.74. The highest BCUT2D eigenvalue weighted by molar-refractivity contribution is 5.39. The number of benzene rings is 1. The molecule has 3 nitrogen and oxygen atoms in total. The van der Waals surface area contributed by atoms with Crippen LogP contribution in [0.2, 0.25) is 0 Å². The molecule has 0 saturated carbocycles. The van der Waals surface area contributed by atoms with Crippen LogP contribution in [-0.2, 0) is 0 Å². The number of aliphatic hydroxyl groups excluding tert-OH is 1. The number of nitrogens with two attached hydrogens (primary N) is 1. The zero-order valence-electron chi connectivity index (χ0n) is 9.76. The lowest BCUT2D eigenvalue weighted by Crippen LogP contribution is -2.26. The van der Waals surface area contributed by atoms with Crippen molar-refractivity contribution < 1.29 is 5.11 Å². The summed E-state index contributed by atoms with van der Waals surface area (Å²) in [5.41, 5.74) is 7.31. The molecule has 16 heavy (non-hydrogen) atoms. The first-order valence-electron chi connectivity index (χ1n) is 5.91. The molecule has 0 amide bonds. The number of nitrogen functional groups attached to an aromatic ring is 1. The summed E-state index contributed by atoms with van der Waals surface area (Å²) >= 11 is 0. The Morgan fingerprint density at radius 3 is 2.69 bits per heavy atom. The zero-order valence-corrected chi connectivity index (χ0v) is 9.76. The highest BCUT2D eigenvalue weighted by Gasteiger charge is 2.21. The fourth-order valence-corrected chi connectivity index (χ4v) is 2.26. The summed E-state index contributed by atoms with van der Waals surface area (Å²) in [7, 11) is 0. The molecule has 1 saturated heterocycles. The lowest BCUT2D eigenvalue weighted by atomic mass is 10.1. The van der Waals surface area contributed by atoms with Gasteiger partial charge in [0.25, 0.3) is 0 Å². The van der Waals surface area contributed by atoms with Crippen LogP contribution in [0.4, 0.5) is 5.69 Å². The van der Waals surface area contributed by atoms with Gasteiger partial charge in [0.05, 0.1) is 6.10 Å². The van der Waals surface area contributed by atoms with Crippen LogP contribution in [0.1, 0.15) is 25.0 Å². The van der Waals surface area contributed by atoms with Crippen molar-refractivity contribution in [1.82, 2.24) is 4.90 Å². The van der Waals surface area contributed by atoms with Crippen LogP contribution in [0.3, 0.4) is 0 Å². The number of β-amino-alcohol motifs (C(OH)–C–C–N with tert-alkyl or cyclic N) is 1. The molecule has 2 atom stereocenters. The van der Waals surface area contributed by atoms with Crippen LogP contribution in [0.15, 0.2) is 24.3 Å². The van der Waals surface area contributed by atoms with Gasteiger partial charge in [-0.15, -0.1) is 0 Å². The van der Waals surface area contributed by atoms with Crippen molar-refractivity contribution in [3.63, 3.8) is 0 Å². The summed E-state index contributed by atoms with van der Waals surface area (Å²) in [5, 5.41) is 10.1. The smallest absolute Gasteiger partial charge is 0.0916 e. The van der Waals surface area contributed by atoms with E-state index in [0.717, 1.165) is 36.8 Å². The second-order valence-electron chi connectivity index (χ2n) is 4.84. The zero-order chi connectivity index (χ0) is 11.5. The average Bonchev–Trinajstić information content (AvgIpc) is 2.65. The van der Waals surface area contributed by atoms with Crippen LogP contribution in [0.25, 0.3) is 0 Å². The van der Waals surface area contributed by atoms with E-state index in [9.17, 15) is 5.11 Å². The van der Waals surface area contributed by atoms with E-state index in [1.165, 1.54) is 6.42 Å². The van der Waals surface area contributed by atoms with Gasteiger partial charge in [-0.2, -0.15) is 0 Å². The largest absolute Gasteiger partial charge is 0.399 e. The molecule has 88 valence electrons. The summed E-state index contributed by atoms with van der Waals surface area (Å²) in [6.45, 7) is 5.20. The highest BCUT2D eigenvalue weighted by atomic mass is 16.3. The Bertz CT molecular complexity index is 336. The maximum Gasteiger partial charge on any atom is 0.0916 e. The molecule has 2 unspecified atom stereocenters. The summed E-state index contributed by atoms with van der Waals surface area (Å²) < 4.78 is 0. The molecule has 0 bridgehead atoms. The van der Waals surface area contributed by atoms with Crippen LogP contribution in [-0.4, -0.2) is 29.6 Å². The Balaban J connectivity index is 1.92. The first-order chi connectivity index (χ1) is 7.65. The third-order valence-electron chi connectivity index (χ3n) is 3.26. The summed E-state index contributed by atoms with van der Waals surface area (Å²) in [4.78, 5) is 2.33. The summed E-state index contributed by atoms with van der Waals surface area (Å²) in [6.07, 6.45) is 0.847. The fourth-order valence-electron chi connectivity index (χ4n) is 2.26. The quantitative estimate of drug-likeness (QED) is 0.761. The lowest BCUT2D eigenvalue weighted by molar-refractivity contribution is 0.124. The van der Waals surface area contributed by atoms with Gasteiger partial charge in [0.1, 0.15) is 0 Å². The van der Waals surface area contributed by atoms with Gasteiger partial charge < -0.3 is 15.7 Å². The van der Waals surface area contributed by atoms with E-state index in [2.05, 4.69) is 11.8 Å². The molecule has 1 heterocycles. The van der Waals surface area contributed by atoms with Crippen molar-refractivity contribution in [3.8, 4) is 0 Å². The molecule has 0 aromatic heterocycles. The third-order valence-corrected chi connectivity index (χ3v) is 3.26. The minimum atomic E-state index is -0.397. The number of rotatable bonds is 3. The summed E-state index contributed by atoms with van der Waals surface area (Å²) in [6, 6.07) is 7.48. The molecule has 0 radical (unpaired) electrons. The lowest BCUT2D eigenvalue weighted by Gasteiger charge is -2.20. The number of hydrogen-bond acceptors (Lipinski definition) is 3. The van der Waals surface area contributed by atoms with Gasteiger partial charge in [-0.25, -0.2) is 0 Å². The Kier molecular flexibility index (Phi) is 3.46. The molecule has 0 spiro atoms. The average molecular weight is 220 g/mol. The topological polar surface area (TPSA) is 49.5 Å². The highest BCUT2D eigenvalue weighted by Crippen LogP contribution is 2.20. The van der Waals surface area contributed by atoms with Gasteiger partial charge in [-0.1, -0.05) is 19.1 Å². The van der Waals surface area contributed by atoms with Crippen molar-refractivity contribution in [1.29, 1.82) is 0 Å². The maximum atomic E-state index is 10.1. The first kappa shape index (κ1) is 11.4. The monoisotopic (exact) mass is 220 g/mol. The molecule has 3 N–H and O–H groups in total. The van der Waals surface area contributed by atoms with Crippen molar-refractivity contribution in [2.75, 3.05) is 25.4 Å². The second kappa shape index (κ2) is 4.85. The fraction of sp³-hybridized carbons (Fsp3) is 0.538. The molecule has 1 aromatic carbocycles. The van der Waals surface area contributed by atoms with Crippen molar-refractivity contribution in [2.24, 2.45) is 5.92 Å². The molecule has 2 rings (SSSR count). The SMILES string of the molecule is CC1CCN(CC(O)c2ccc(N)cc2)C1. The number of nitrogens with zero attached hydrogens (tertiary/aromatic N) is 1. The van der Waals surface area contributed by atoms with E-state index in [1.807, 2.05) is 24.3 Å². The van der Waals surface area contributed by atoms with Crippen LogP contribution < -0.4 is 5.73 Å².